The largest absolute Gasteiger partial charge is 0.417 e. The molecule has 2 nitrogen and oxygen atoms in total. The molecule has 0 saturated heterocycles. The Balaban J connectivity index is 2.65. The second-order valence-corrected chi connectivity index (χ2v) is 3.51. The van der Waals surface area contributed by atoms with E-state index >= 15 is 0 Å². The molecule has 1 aromatic carbocycles. The number of rotatable bonds is 1. The van der Waals surface area contributed by atoms with E-state index in [0.717, 1.165) is 6.07 Å². The Bertz CT molecular complexity index is 535. The predicted octanol–water partition coefficient (Wildman–Crippen LogP) is 3.35. The lowest BCUT2D eigenvalue weighted by Crippen LogP contribution is -2.07. The van der Waals surface area contributed by atoms with Crippen molar-refractivity contribution in [3.63, 3.8) is 0 Å². The van der Waals surface area contributed by atoms with Crippen LogP contribution in [0.4, 0.5) is 18.9 Å². The topological polar surface area (TPSA) is 38.9 Å². The number of nitrogens with zero attached hydrogens (tertiary/aromatic N) is 1. The van der Waals surface area contributed by atoms with Crippen molar-refractivity contribution in [2.45, 2.75) is 6.18 Å². The molecular weight excluding hydrogens is 229 g/mol. The van der Waals surface area contributed by atoms with Crippen LogP contribution in [0, 0.1) is 0 Å². The number of hydrogen-bond acceptors (Lipinski definition) is 2. The van der Waals surface area contributed by atoms with Crippen LogP contribution in [0.2, 0.25) is 0 Å². The van der Waals surface area contributed by atoms with Crippen LogP contribution in [-0.4, -0.2) is 4.98 Å². The van der Waals surface area contributed by atoms with E-state index in [4.69, 9.17) is 5.73 Å². The van der Waals surface area contributed by atoms with Crippen molar-refractivity contribution in [1.29, 1.82) is 0 Å². The van der Waals surface area contributed by atoms with Gasteiger partial charge in [0, 0.05) is 11.8 Å². The minimum Gasteiger partial charge on any atom is -0.397 e. The fourth-order valence-corrected chi connectivity index (χ4v) is 1.62. The zero-order valence-corrected chi connectivity index (χ0v) is 8.70. The van der Waals surface area contributed by atoms with Crippen molar-refractivity contribution in [1.82, 2.24) is 4.98 Å². The third-order valence-electron chi connectivity index (χ3n) is 2.37. The van der Waals surface area contributed by atoms with Gasteiger partial charge in [-0.05, 0) is 17.7 Å². The molecule has 0 amide bonds. The highest BCUT2D eigenvalue weighted by atomic mass is 19.4. The van der Waals surface area contributed by atoms with Gasteiger partial charge in [-0.3, -0.25) is 4.98 Å². The average molecular weight is 238 g/mol. The smallest absolute Gasteiger partial charge is 0.397 e. The third kappa shape index (κ3) is 2.22. The van der Waals surface area contributed by atoms with Crippen LogP contribution in [0.25, 0.3) is 11.1 Å². The summed E-state index contributed by atoms with van der Waals surface area (Å²) in [6.07, 6.45) is -1.65. The molecule has 0 aliphatic rings. The Labute approximate surface area is 95.9 Å². The molecule has 2 rings (SSSR count). The first kappa shape index (κ1) is 11.4. The van der Waals surface area contributed by atoms with Gasteiger partial charge in [-0.2, -0.15) is 13.2 Å². The van der Waals surface area contributed by atoms with Gasteiger partial charge >= 0.3 is 6.18 Å². The Morgan fingerprint density at radius 1 is 1.00 bits per heavy atom. The number of benzene rings is 1. The van der Waals surface area contributed by atoms with Crippen molar-refractivity contribution in [2.75, 3.05) is 5.73 Å². The number of halogens is 3. The van der Waals surface area contributed by atoms with E-state index in [0.29, 0.717) is 5.56 Å². The molecule has 0 unspecified atom stereocenters. The number of anilines is 1. The lowest BCUT2D eigenvalue weighted by Gasteiger charge is -2.13. The molecule has 0 atom stereocenters. The lowest BCUT2D eigenvalue weighted by molar-refractivity contribution is -0.137. The van der Waals surface area contributed by atoms with Gasteiger partial charge in [0.1, 0.15) is 0 Å². The highest BCUT2D eigenvalue weighted by molar-refractivity contribution is 5.78. The molecule has 0 aliphatic carbocycles. The quantitative estimate of drug-likeness (QED) is 0.827. The maximum Gasteiger partial charge on any atom is 0.417 e. The Morgan fingerprint density at radius 3 is 2.35 bits per heavy atom. The van der Waals surface area contributed by atoms with Crippen LogP contribution in [0.15, 0.2) is 42.7 Å². The standard InChI is InChI=1S/C12H9F3N2/c13-12(14,15)10-4-2-1-3-8(10)9-5-6-17-7-11(9)16/h1-7H,16H2. The van der Waals surface area contributed by atoms with E-state index < -0.39 is 11.7 Å². The molecule has 0 saturated carbocycles. The van der Waals surface area contributed by atoms with Crippen molar-refractivity contribution >= 4 is 5.69 Å². The monoisotopic (exact) mass is 238 g/mol. The minimum atomic E-state index is -4.40. The highest BCUT2D eigenvalue weighted by Gasteiger charge is 2.33. The zero-order chi connectivity index (χ0) is 12.5. The SMILES string of the molecule is Nc1cnccc1-c1ccccc1C(F)(F)F. The summed E-state index contributed by atoms with van der Waals surface area (Å²) >= 11 is 0. The molecule has 88 valence electrons. The summed E-state index contributed by atoms with van der Waals surface area (Å²) in [6.45, 7) is 0. The van der Waals surface area contributed by atoms with E-state index in [-0.39, 0.29) is 11.3 Å². The highest BCUT2D eigenvalue weighted by Crippen LogP contribution is 2.38. The third-order valence-corrected chi connectivity index (χ3v) is 2.37. The van der Waals surface area contributed by atoms with Gasteiger partial charge in [-0.25, -0.2) is 0 Å². The molecule has 0 aliphatic heterocycles. The van der Waals surface area contributed by atoms with Crippen LogP contribution in [-0.2, 0) is 6.18 Å². The maximum absolute atomic E-state index is 12.8. The molecule has 1 heterocycles. The van der Waals surface area contributed by atoms with Crippen molar-refractivity contribution in [3.05, 3.63) is 48.3 Å². The second-order valence-electron chi connectivity index (χ2n) is 3.51. The summed E-state index contributed by atoms with van der Waals surface area (Å²) in [6, 6.07) is 6.80. The first-order chi connectivity index (χ1) is 8.00. The summed E-state index contributed by atoms with van der Waals surface area (Å²) in [4.78, 5) is 3.76. The van der Waals surface area contributed by atoms with Crippen molar-refractivity contribution in [3.8, 4) is 11.1 Å². The number of nitrogen functional groups attached to an aromatic ring is 1. The van der Waals surface area contributed by atoms with E-state index in [9.17, 15) is 13.2 Å². The van der Waals surface area contributed by atoms with Gasteiger partial charge in [-0.1, -0.05) is 18.2 Å². The second kappa shape index (κ2) is 4.08. The van der Waals surface area contributed by atoms with Gasteiger partial charge in [0.05, 0.1) is 17.4 Å². The first-order valence-corrected chi connectivity index (χ1v) is 4.86. The lowest BCUT2D eigenvalue weighted by atomic mass is 9.99. The molecule has 17 heavy (non-hydrogen) atoms. The Hall–Kier alpha value is -2.04. The van der Waals surface area contributed by atoms with Crippen LogP contribution >= 0.6 is 0 Å². The van der Waals surface area contributed by atoms with E-state index in [1.165, 1.54) is 30.6 Å². The Morgan fingerprint density at radius 2 is 1.71 bits per heavy atom. The summed E-state index contributed by atoms with van der Waals surface area (Å²) in [5.74, 6) is 0. The first-order valence-electron chi connectivity index (χ1n) is 4.86. The number of nitrogens with two attached hydrogens (primary N) is 1. The maximum atomic E-state index is 12.8. The number of aromatic nitrogens is 1. The zero-order valence-electron chi connectivity index (χ0n) is 8.70. The summed E-state index contributed by atoms with van der Waals surface area (Å²) in [5, 5.41) is 0. The van der Waals surface area contributed by atoms with Gasteiger partial charge in [-0.15, -0.1) is 0 Å². The molecule has 0 bridgehead atoms. The number of hydrogen-bond donors (Lipinski definition) is 1. The molecule has 1 aromatic heterocycles. The molecular formula is C12H9F3N2. The Kier molecular flexibility index (Phi) is 2.75. The van der Waals surface area contributed by atoms with Gasteiger partial charge in [0.2, 0.25) is 0 Å². The fourth-order valence-electron chi connectivity index (χ4n) is 1.62. The number of pyridine rings is 1. The molecule has 0 radical (unpaired) electrons. The fraction of sp³-hybridized carbons (Fsp3) is 0.0833. The van der Waals surface area contributed by atoms with Crippen molar-refractivity contribution < 1.29 is 13.2 Å². The van der Waals surface area contributed by atoms with E-state index in [1.54, 1.807) is 6.07 Å². The van der Waals surface area contributed by atoms with Crippen LogP contribution in [0.3, 0.4) is 0 Å². The molecule has 0 fully saturated rings. The van der Waals surface area contributed by atoms with Gasteiger partial charge in [0.25, 0.3) is 0 Å². The molecule has 2 N–H and O–H groups in total. The summed E-state index contributed by atoms with van der Waals surface area (Å²) in [5.41, 5.74) is 5.57. The van der Waals surface area contributed by atoms with Gasteiger partial charge < -0.3 is 5.73 Å². The van der Waals surface area contributed by atoms with Gasteiger partial charge in [0.15, 0.2) is 0 Å². The normalized spacial score (nSPS) is 11.5. The molecule has 0 spiro atoms. The predicted molar refractivity (Wildman–Crippen MR) is 59.1 cm³/mol. The average Bonchev–Trinajstić information content (AvgIpc) is 2.28. The minimum absolute atomic E-state index is 0.0694. The van der Waals surface area contributed by atoms with Crippen LogP contribution < -0.4 is 5.73 Å². The van der Waals surface area contributed by atoms with E-state index in [1.807, 2.05) is 0 Å². The summed E-state index contributed by atoms with van der Waals surface area (Å²) in [7, 11) is 0. The van der Waals surface area contributed by atoms with Crippen molar-refractivity contribution in [2.24, 2.45) is 0 Å². The van der Waals surface area contributed by atoms with Crippen LogP contribution in [0.5, 0.6) is 0 Å². The van der Waals surface area contributed by atoms with E-state index in [2.05, 4.69) is 4.98 Å². The molecule has 5 heteroatoms. The summed E-state index contributed by atoms with van der Waals surface area (Å²) < 4.78 is 38.4. The van der Waals surface area contributed by atoms with Crippen LogP contribution in [0.1, 0.15) is 5.56 Å². The number of alkyl halides is 3. The molecule has 2 aromatic rings.